The number of esters is 1. The zero-order valence-electron chi connectivity index (χ0n) is 17.4. The van der Waals surface area contributed by atoms with E-state index < -0.39 is 29.7 Å². The minimum Gasteiger partial charge on any atom is -0.497 e. The first kappa shape index (κ1) is 20.9. The highest BCUT2D eigenvalue weighted by Gasteiger charge is 2.55. The summed E-state index contributed by atoms with van der Waals surface area (Å²) in [5.74, 6) is -0.585. The smallest absolute Gasteiger partial charge is 0.336 e. The van der Waals surface area contributed by atoms with Crippen molar-refractivity contribution in [3.63, 3.8) is 0 Å². The number of nitrogens with zero attached hydrogens (tertiary/aromatic N) is 1. The Morgan fingerprint density at radius 3 is 2.81 bits per heavy atom. The molecule has 1 N–H and O–H groups in total. The van der Waals surface area contributed by atoms with E-state index in [0.29, 0.717) is 28.7 Å². The van der Waals surface area contributed by atoms with Crippen LogP contribution < -0.4 is 15.7 Å². The molecule has 9 nitrogen and oxygen atoms in total. The molecule has 1 aromatic heterocycles. The van der Waals surface area contributed by atoms with E-state index in [1.165, 1.54) is 13.2 Å². The Hall–Kier alpha value is -3.36. The maximum Gasteiger partial charge on any atom is 0.336 e. The molecule has 2 unspecified atom stereocenters. The first-order valence-electron chi connectivity index (χ1n) is 10.2. The van der Waals surface area contributed by atoms with Crippen LogP contribution in [0.1, 0.15) is 38.2 Å². The highest BCUT2D eigenvalue weighted by Crippen LogP contribution is 2.38. The number of hydrogen-bond donors (Lipinski definition) is 1. The Morgan fingerprint density at radius 2 is 2.06 bits per heavy atom. The second kappa shape index (κ2) is 8.05. The van der Waals surface area contributed by atoms with Gasteiger partial charge >= 0.3 is 17.6 Å². The number of benzene rings is 1. The second-order valence-corrected chi connectivity index (χ2v) is 8.05. The minimum absolute atomic E-state index is 0.00520. The molecule has 1 spiro atoms. The van der Waals surface area contributed by atoms with Gasteiger partial charge in [-0.05, 0) is 30.9 Å². The normalized spacial score (nSPS) is 23.3. The van der Waals surface area contributed by atoms with Crippen LogP contribution in [0.4, 0.5) is 4.79 Å². The van der Waals surface area contributed by atoms with E-state index in [4.69, 9.17) is 13.9 Å². The molecule has 3 amide bonds. The highest BCUT2D eigenvalue weighted by molar-refractivity contribution is 6.09. The molecule has 2 fully saturated rings. The van der Waals surface area contributed by atoms with Gasteiger partial charge in [-0.1, -0.05) is 19.8 Å². The van der Waals surface area contributed by atoms with Crippen LogP contribution in [0.15, 0.2) is 33.5 Å². The maximum atomic E-state index is 13.0. The molecule has 9 heteroatoms. The molecule has 164 valence electrons. The molecule has 1 saturated carbocycles. The predicted octanol–water partition coefficient (Wildman–Crippen LogP) is 2.35. The third kappa shape index (κ3) is 3.75. The lowest BCUT2D eigenvalue weighted by atomic mass is 9.73. The summed E-state index contributed by atoms with van der Waals surface area (Å²) in [5, 5.41) is 3.40. The van der Waals surface area contributed by atoms with Crippen LogP contribution in [0.2, 0.25) is 0 Å². The third-order valence-corrected chi connectivity index (χ3v) is 6.21. The Labute approximate surface area is 178 Å². The summed E-state index contributed by atoms with van der Waals surface area (Å²) in [6, 6.07) is 5.64. The molecule has 1 saturated heterocycles. The molecular weight excluding hydrogens is 404 g/mol. The quantitative estimate of drug-likeness (QED) is 0.442. The van der Waals surface area contributed by atoms with Crippen molar-refractivity contribution >= 4 is 28.9 Å². The van der Waals surface area contributed by atoms with Crippen molar-refractivity contribution < 1.29 is 28.3 Å². The van der Waals surface area contributed by atoms with Gasteiger partial charge in [-0.15, -0.1) is 0 Å². The number of fused-ring (bicyclic) bond motifs is 1. The molecule has 1 aliphatic heterocycles. The van der Waals surface area contributed by atoms with E-state index in [0.717, 1.165) is 24.2 Å². The summed E-state index contributed by atoms with van der Waals surface area (Å²) in [4.78, 5) is 50.6. The van der Waals surface area contributed by atoms with Gasteiger partial charge in [0.05, 0.1) is 7.11 Å². The zero-order valence-corrected chi connectivity index (χ0v) is 17.4. The van der Waals surface area contributed by atoms with Gasteiger partial charge in [0.2, 0.25) is 0 Å². The molecule has 2 aliphatic rings. The van der Waals surface area contributed by atoms with E-state index in [-0.39, 0.29) is 18.4 Å². The van der Waals surface area contributed by atoms with Crippen LogP contribution >= 0.6 is 0 Å². The second-order valence-electron chi connectivity index (χ2n) is 8.05. The lowest BCUT2D eigenvalue weighted by molar-refractivity contribution is -0.149. The predicted molar refractivity (Wildman–Crippen MR) is 109 cm³/mol. The number of carbonyl (C=O) groups is 3. The Balaban J connectivity index is 1.46. The molecule has 4 rings (SSSR count). The van der Waals surface area contributed by atoms with Crippen LogP contribution in [0, 0.1) is 5.92 Å². The summed E-state index contributed by atoms with van der Waals surface area (Å²) in [7, 11) is 1.50. The minimum atomic E-state index is -0.927. The number of ether oxygens (including phenoxy) is 2. The summed E-state index contributed by atoms with van der Waals surface area (Å²) >= 11 is 0. The molecule has 1 aromatic carbocycles. The number of urea groups is 1. The Kier molecular flexibility index (Phi) is 5.43. The topological polar surface area (TPSA) is 115 Å². The fourth-order valence-electron chi connectivity index (χ4n) is 4.43. The van der Waals surface area contributed by atoms with E-state index in [9.17, 15) is 19.2 Å². The lowest BCUT2D eigenvalue weighted by Crippen LogP contribution is -2.54. The number of hydrogen-bond acceptors (Lipinski definition) is 7. The summed E-state index contributed by atoms with van der Waals surface area (Å²) < 4.78 is 15.6. The monoisotopic (exact) mass is 428 g/mol. The van der Waals surface area contributed by atoms with Gasteiger partial charge in [0.25, 0.3) is 5.91 Å². The van der Waals surface area contributed by atoms with Crippen LogP contribution in [0.5, 0.6) is 5.75 Å². The zero-order chi connectivity index (χ0) is 22.2. The number of carbonyl (C=O) groups excluding carboxylic acids is 3. The molecular formula is C22H24N2O7. The highest BCUT2D eigenvalue weighted by atomic mass is 16.5. The van der Waals surface area contributed by atoms with Crippen LogP contribution in [-0.4, -0.2) is 42.0 Å². The van der Waals surface area contributed by atoms with Crippen molar-refractivity contribution in [2.45, 2.75) is 44.8 Å². The standard InChI is InChI=1S/C22H24N2O7/c1-13-5-3-4-8-22(13)20(27)24(21(28)23-22)11-19(26)30-12-14-9-18(25)31-17-10-15(29-2)6-7-16(14)17/h6-7,9-10,13H,3-5,8,11-12H2,1-2H3,(H,23,28). The van der Waals surface area contributed by atoms with Crippen LogP contribution in [-0.2, 0) is 20.9 Å². The molecule has 1 aliphatic carbocycles. The third-order valence-electron chi connectivity index (χ3n) is 6.21. The average Bonchev–Trinajstić information content (AvgIpc) is 2.98. The maximum absolute atomic E-state index is 13.0. The molecule has 0 bridgehead atoms. The van der Waals surface area contributed by atoms with E-state index >= 15 is 0 Å². The van der Waals surface area contributed by atoms with Gasteiger partial charge in [0.15, 0.2) is 0 Å². The van der Waals surface area contributed by atoms with Crippen molar-refractivity contribution in [2.75, 3.05) is 13.7 Å². The number of nitrogens with one attached hydrogen (secondary N) is 1. The Morgan fingerprint density at radius 1 is 1.26 bits per heavy atom. The summed E-state index contributed by atoms with van der Waals surface area (Å²) in [6.07, 6.45) is 3.28. The van der Waals surface area contributed by atoms with Gasteiger partial charge < -0.3 is 19.2 Å². The number of imide groups is 1. The molecule has 31 heavy (non-hydrogen) atoms. The molecule has 0 radical (unpaired) electrons. The SMILES string of the molecule is COc1ccc2c(COC(=O)CN3C(=O)NC4(CCCCC4C)C3=O)cc(=O)oc2c1. The van der Waals surface area contributed by atoms with Crippen LogP contribution in [0.3, 0.4) is 0 Å². The first-order chi connectivity index (χ1) is 14.8. The molecule has 2 atom stereocenters. The van der Waals surface area contributed by atoms with Crippen molar-refractivity contribution in [3.8, 4) is 5.75 Å². The largest absolute Gasteiger partial charge is 0.497 e. The molecule has 2 aromatic rings. The van der Waals surface area contributed by atoms with Gasteiger partial charge in [-0.3, -0.25) is 14.5 Å². The van der Waals surface area contributed by atoms with Gasteiger partial charge in [-0.25, -0.2) is 9.59 Å². The number of rotatable bonds is 5. The van der Waals surface area contributed by atoms with Gasteiger partial charge in [0.1, 0.15) is 30.0 Å². The van der Waals surface area contributed by atoms with Crippen molar-refractivity contribution in [1.82, 2.24) is 10.2 Å². The van der Waals surface area contributed by atoms with Gasteiger partial charge in [-0.2, -0.15) is 0 Å². The fraction of sp³-hybridized carbons (Fsp3) is 0.455. The van der Waals surface area contributed by atoms with Crippen LogP contribution in [0.25, 0.3) is 11.0 Å². The number of amides is 3. The van der Waals surface area contributed by atoms with Crippen molar-refractivity contribution in [2.24, 2.45) is 5.92 Å². The number of methoxy groups -OCH3 is 1. The fourth-order valence-corrected chi connectivity index (χ4v) is 4.43. The Bertz CT molecular complexity index is 1110. The van der Waals surface area contributed by atoms with E-state index in [1.807, 2.05) is 6.92 Å². The summed E-state index contributed by atoms with van der Waals surface area (Å²) in [5.41, 5.74) is -0.755. The van der Waals surface area contributed by atoms with E-state index in [1.54, 1.807) is 18.2 Å². The first-order valence-corrected chi connectivity index (χ1v) is 10.2. The van der Waals surface area contributed by atoms with Gasteiger partial charge in [0, 0.05) is 23.1 Å². The summed E-state index contributed by atoms with van der Waals surface area (Å²) in [6.45, 7) is 1.27. The van der Waals surface area contributed by atoms with E-state index in [2.05, 4.69) is 5.32 Å². The lowest BCUT2D eigenvalue weighted by Gasteiger charge is -2.36. The molecule has 2 heterocycles. The van der Waals surface area contributed by atoms with Crippen molar-refractivity contribution in [1.29, 1.82) is 0 Å². The van der Waals surface area contributed by atoms with Crippen molar-refractivity contribution in [3.05, 3.63) is 40.2 Å². The average molecular weight is 428 g/mol.